The number of nitrogens with zero attached hydrogens (tertiary/aromatic N) is 2. The zero-order valence-electron chi connectivity index (χ0n) is 16.3. The van der Waals surface area contributed by atoms with Crippen molar-refractivity contribution in [3.8, 4) is 5.75 Å². The number of methoxy groups -OCH3 is 1. The molecular formula is C19H27N3O5S. The standard InChI is InChI=1S/C19H27N3O5S/c1-14(23)20-16-13-15(8-9-18(16)27-2)28(25,26)22-12-4-3-7-17(22)19(24)21-10-5-6-11-21/h8-9,13,17H,3-7,10-12H2,1-2H3,(H,20,23). The number of anilines is 1. The number of nitrogens with one attached hydrogen (secondary N) is 1. The van der Waals surface area contributed by atoms with Crippen LogP contribution in [0.4, 0.5) is 5.69 Å². The molecule has 1 aromatic carbocycles. The summed E-state index contributed by atoms with van der Waals surface area (Å²) in [5.41, 5.74) is 0.288. The minimum absolute atomic E-state index is 0.0400. The first kappa shape index (κ1) is 20.6. The van der Waals surface area contributed by atoms with Crippen molar-refractivity contribution in [1.29, 1.82) is 0 Å². The molecule has 0 aromatic heterocycles. The van der Waals surface area contributed by atoms with Crippen molar-refractivity contribution in [3.05, 3.63) is 18.2 Å². The van der Waals surface area contributed by atoms with Gasteiger partial charge in [-0.25, -0.2) is 8.42 Å². The van der Waals surface area contributed by atoms with Crippen LogP contribution >= 0.6 is 0 Å². The molecule has 154 valence electrons. The van der Waals surface area contributed by atoms with Crippen molar-refractivity contribution >= 4 is 27.5 Å². The average Bonchev–Trinajstić information content (AvgIpc) is 3.21. The van der Waals surface area contributed by atoms with E-state index in [9.17, 15) is 18.0 Å². The highest BCUT2D eigenvalue weighted by molar-refractivity contribution is 7.89. The maximum Gasteiger partial charge on any atom is 0.243 e. The van der Waals surface area contributed by atoms with Gasteiger partial charge in [-0.3, -0.25) is 9.59 Å². The number of carbonyl (C=O) groups is 2. The lowest BCUT2D eigenvalue weighted by Crippen LogP contribution is -2.52. The largest absolute Gasteiger partial charge is 0.495 e. The smallest absolute Gasteiger partial charge is 0.243 e. The fourth-order valence-corrected chi connectivity index (χ4v) is 5.54. The van der Waals surface area contributed by atoms with Crippen molar-refractivity contribution in [2.45, 2.75) is 50.0 Å². The normalized spacial score (nSPS) is 20.8. The number of likely N-dealkylation sites (tertiary alicyclic amines) is 1. The highest BCUT2D eigenvalue weighted by Gasteiger charge is 2.40. The van der Waals surface area contributed by atoms with E-state index in [2.05, 4.69) is 5.32 Å². The molecule has 9 heteroatoms. The van der Waals surface area contributed by atoms with Gasteiger partial charge in [0.25, 0.3) is 0 Å². The number of piperidine rings is 1. The molecule has 0 spiro atoms. The molecule has 1 N–H and O–H groups in total. The third kappa shape index (κ3) is 4.15. The summed E-state index contributed by atoms with van der Waals surface area (Å²) in [5.74, 6) is -0.0539. The van der Waals surface area contributed by atoms with Crippen LogP contribution in [0.3, 0.4) is 0 Å². The highest BCUT2D eigenvalue weighted by Crippen LogP contribution is 2.32. The number of hydrogen-bond donors (Lipinski definition) is 1. The number of carbonyl (C=O) groups excluding carboxylic acids is 2. The molecule has 1 aromatic rings. The Morgan fingerprint density at radius 1 is 1.11 bits per heavy atom. The van der Waals surface area contributed by atoms with Gasteiger partial charge in [-0.2, -0.15) is 4.31 Å². The van der Waals surface area contributed by atoms with Crippen LogP contribution < -0.4 is 10.1 Å². The number of sulfonamides is 1. The Labute approximate surface area is 165 Å². The van der Waals surface area contributed by atoms with Crippen LogP contribution in [-0.4, -0.2) is 62.2 Å². The van der Waals surface area contributed by atoms with E-state index in [1.54, 1.807) is 4.90 Å². The van der Waals surface area contributed by atoms with Crippen LogP contribution in [0.5, 0.6) is 5.75 Å². The summed E-state index contributed by atoms with van der Waals surface area (Å²) < 4.78 is 33.2. The van der Waals surface area contributed by atoms with Crippen LogP contribution in [0.2, 0.25) is 0 Å². The molecule has 1 unspecified atom stereocenters. The van der Waals surface area contributed by atoms with Crippen LogP contribution in [0.25, 0.3) is 0 Å². The Bertz CT molecular complexity index is 849. The molecule has 0 radical (unpaired) electrons. The molecule has 8 nitrogen and oxygen atoms in total. The van der Waals surface area contributed by atoms with E-state index in [1.165, 1.54) is 36.5 Å². The number of benzene rings is 1. The van der Waals surface area contributed by atoms with Gasteiger partial charge >= 0.3 is 0 Å². The van der Waals surface area contributed by atoms with E-state index >= 15 is 0 Å². The van der Waals surface area contributed by atoms with Crippen LogP contribution in [0.15, 0.2) is 23.1 Å². The first-order valence-corrected chi connectivity index (χ1v) is 11.0. The molecule has 0 saturated carbocycles. The van der Waals surface area contributed by atoms with Gasteiger partial charge in [0.05, 0.1) is 17.7 Å². The quantitative estimate of drug-likeness (QED) is 0.800. The molecule has 2 amide bonds. The van der Waals surface area contributed by atoms with Gasteiger partial charge in [0.1, 0.15) is 11.8 Å². The minimum Gasteiger partial charge on any atom is -0.495 e. The van der Waals surface area contributed by atoms with Gasteiger partial charge in [0.2, 0.25) is 21.8 Å². The van der Waals surface area contributed by atoms with Gasteiger partial charge in [0.15, 0.2) is 0 Å². The fraction of sp³-hybridized carbons (Fsp3) is 0.579. The van der Waals surface area contributed by atoms with Gasteiger partial charge in [-0.1, -0.05) is 6.42 Å². The van der Waals surface area contributed by atoms with E-state index < -0.39 is 16.1 Å². The maximum absolute atomic E-state index is 13.4. The lowest BCUT2D eigenvalue weighted by molar-refractivity contribution is -0.135. The summed E-state index contributed by atoms with van der Waals surface area (Å²) in [5, 5.41) is 2.60. The molecule has 28 heavy (non-hydrogen) atoms. The molecule has 1 atom stereocenters. The van der Waals surface area contributed by atoms with Crippen LogP contribution in [-0.2, 0) is 19.6 Å². The number of rotatable bonds is 5. The van der Waals surface area contributed by atoms with E-state index in [1.807, 2.05) is 0 Å². The highest BCUT2D eigenvalue weighted by atomic mass is 32.2. The molecule has 2 aliphatic heterocycles. The average molecular weight is 410 g/mol. The molecule has 2 heterocycles. The maximum atomic E-state index is 13.4. The third-order valence-corrected chi connectivity index (χ3v) is 7.15. The zero-order chi connectivity index (χ0) is 20.3. The van der Waals surface area contributed by atoms with Crippen LogP contribution in [0.1, 0.15) is 39.0 Å². The number of ether oxygens (including phenoxy) is 1. The topological polar surface area (TPSA) is 96.0 Å². The zero-order valence-corrected chi connectivity index (χ0v) is 17.1. The van der Waals surface area contributed by atoms with Crippen molar-refractivity contribution in [2.24, 2.45) is 0 Å². The monoisotopic (exact) mass is 409 g/mol. The lowest BCUT2D eigenvalue weighted by Gasteiger charge is -2.35. The summed E-state index contributed by atoms with van der Waals surface area (Å²) in [6.07, 6.45) is 4.00. The molecule has 2 aliphatic rings. The molecule has 3 rings (SSSR count). The summed E-state index contributed by atoms with van der Waals surface area (Å²) in [6.45, 7) is 3.04. The van der Waals surface area contributed by atoms with Crippen LogP contribution in [0, 0.1) is 0 Å². The molecule has 0 aliphatic carbocycles. The van der Waals surface area contributed by atoms with E-state index in [0.717, 1.165) is 25.7 Å². The second-order valence-corrected chi connectivity index (χ2v) is 9.09. The second kappa shape index (κ2) is 8.48. The van der Waals surface area contributed by atoms with Gasteiger partial charge in [-0.05, 0) is 43.9 Å². The SMILES string of the molecule is COc1ccc(S(=O)(=O)N2CCCCC2C(=O)N2CCCC2)cc1NC(C)=O. The predicted octanol–water partition coefficient (Wildman–Crippen LogP) is 1.82. The molecule has 0 bridgehead atoms. The van der Waals surface area contributed by atoms with Gasteiger partial charge in [-0.15, -0.1) is 0 Å². The van der Waals surface area contributed by atoms with Crippen molar-refractivity contribution in [1.82, 2.24) is 9.21 Å². The molecule has 2 fully saturated rings. The summed E-state index contributed by atoms with van der Waals surface area (Å²) in [7, 11) is -2.44. The Kier molecular flexibility index (Phi) is 6.24. The summed E-state index contributed by atoms with van der Waals surface area (Å²) in [6, 6.07) is 3.69. The lowest BCUT2D eigenvalue weighted by atomic mass is 10.0. The minimum atomic E-state index is -3.89. The first-order valence-electron chi connectivity index (χ1n) is 9.61. The van der Waals surface area contributed by atoms with Crippen molar-refractivity contribution in [3.63, 3.8) is 0 Å². The second-order valence-electron chi connectivity index (χ2n) is 7.20. The fourth-order valence-electron chi connectivity index (χ4n) is 3.86. The van der Waals surface area contributed by atoms with Gasteiger partial charge in [0, 0.05) is 26.6 Å². The van der Waals surface area contributed by atoms with Gasteiger partial charge < -0.3 is 15.0 Å². The Morgan fingerprint density at radius 3 is 2.43 bits per heavy atom. The Balaban J connectivity index is 1.93. The van der Waals surface area contributed by atoms with E-state index in [0.29, 0.717) is 31.8 Å². The van der Waals surface area contributed by atoms with E-state index in [-0.39, 0.29) is 22.4 Å². The van der Waals surface area contributed by atoms with E-state index in [4.69, 9.17) is 4.74 Å². The Morgan fingerprint density at radius 2 is 1.79 bits per heavy atom. The molecule has 2 saturated heterocycles. The number of amides is 2. The predicted molar refractivity (Wildman–Crippen MR) is 105 cm³/mol. The summed E-state index contributed by atoms with van der Waals surface area (Å²) >= 11 is 0. The number of hydrogen-bond acceptors (Lipinski definition) is 5. The summed E-state index contributed by atoms with van der Waals surface area (Å²) in [4.78, 5) is 26.2. The first-order chi connectivity index (χ1) is 13.3. The van der Waals surface area contributed by atoms with Crippen molar-refractivity contribution < 1.29 is 22.7 Å². The Hall–Kier alpha value is -2.13. The van der Waals surface area contributed by atoms with Crippen molar-refractivity contribution in [2.75, 3.05) is 32.1 Å². The third-order valence-electron chi connectivity index (χ3n) is 5.24. The molecular weight excluding hydrogens is 382 g/mol.